The van der Waals surface area contributed by atoms with Gasteiger partial charge in [0.15, 0.2) is 6.29 Å². The molecular formula is C10H14N2O7. The van der Waals surface area contributed by atoms with Gasteiger partial charge in [-0.05, 0) is 0 Å². The number of hydrogen-bond donors (Lipinski definition) is 5. The fourth-order valence-corrected chi connectivity index (χ4v) is 1.81. The molecular weight excluding hydrogens is 260 g/mol. The summed E-state index contributed by atoms with van der Waals surface area (Å²) in [5, 5.41) is 43.6. The van der Waals surface area contributed by atoms with Crippen molar-refractivity contribution in [1.82, 2.24) is 10.5 Å². The summed E-state index contributed by atoms with van der Waals surface area (Å²) in [6, 6.07) is 0.0421. The molecule has 1 unspecified atom stereocenters. The van der Waals surface area contributed by atoms with Gasteiger partial charge in [0.25, 0.3) is 5.91 Å². The molecule has 1 aliphatic heterocycles. The Hall–Kier alpha value is -1.52. The van der Waals surface area contributed by atoms with Crippen molar-refractivity contribution >= 4 is 5.91 Å². The fourth-order valence-electron chi connectivity index (χ4n) is 1.81. The molecule has 0 aromatic carbocycles. The predicted molar refractivity (Wildman–Crippen MR) is 57.7 cm³/mol. The van der Waals surface area contributed by atoms with Crippen LogP contribution in [0.25, 0.3) is 0 Å². The van der Waals surface area contributed by atoms with Gasteiger partial charge < -0.3 is 35.0 Å². The van der Waals surface area contributed by atoms with Crippen LogP contribution in [0.15, 0.2) is 16.8 Å². The summed E-state index contributed by atoms with van der Waals surface area (Å²) in [4.78, 5) is 11.7. The topological polar surface area (TPSA) is 145 Å². The number of nitrogens with zero attached hydrogens (tertiary/aromatic N) is 1. The zero-order chi connectivity index (χ0) is 14.0. The summed E-state index contributed by atoms with van der Waals surface area (Å²) in [5.41, 5.74) is 0. The van der Waals surface area contributed by atoms with Crippen LogP contribution in [0.4, 0.5) is 0 Å². The molecule has 1 amide bonds. The molecule has 1 aliphatic rings. The van der Waals surface area contributed by atoms with E-state index in [2.05, 4.69) is 15.0 Å². The monoisotopic (exact) mass is 274 g/mol. The minimum absolute atomic E-state index is 0.113. The van der Waals surface area contributed by atoms with Crippen LogP contribution in [0.3, 0.4) is 0 Å². The van der Waals surface area contributed by atoms with Gasteiger partial charge in [0, 0.05) is 6.07 Å². The lowest BCUT2D eigenvalue weighted by molar-refractivity contribution is -0.252. The van der Waals surface area contributed by atoms with Gasteiger partial charge in [0.1, 0.15) is 24.4 Å². The first kappa shape index (κ1) is 13.9. The number of amides is 1. The minimum Gasteiger partial charge on any atom is -0.394 e. The standard InChI is InChI=1S/C10H14N2O7/c13-3-5-7(14)8(15)6(10(17)18-5)12-9(16)4-1-2-11-19-4/h1-2,5-8,10,13-15,17H,3H2,(H,12,16)/t5-,6-,7-,8-,10?/m1/s1. The lowest BCUT2D eigenvalue weighted by Crippen LogP contribution is -2.64. The molecule has 0 radical (unpaired) electrons. The molecule has 0 bridgehead atoms. The molecule has 9 heteroatoms. The van der Waals surface area contributed by atoms with Crippen LogP contribution in [0, 0.1) is 0 Å². The number of hydrogen-bond acceptors (Lipinski definition) is 8. The zero-order valence-electron chi connectivity index (χ0n) is 9.71. The van der Waals surface area contributed by atoms with Crippen LogP contribution < -0.4 is 5.32 Å². The van der Waals surface area contributed by atoms with Gasteiger partial charge in [0.2, 0.25) is 5.76 Å². The Morgan fingerprint density at radius 2 is 2.11 bits per heavy atom. The molecule has 5 atom stereocenters. The summed E-state index contributed by atoms with van der Waals surface area (Å²) in [5.74, 6) is -0.836. The van der Waals surface area contributed by atoms with E-state index >= 15 is 0 Å². The normalized spacial score (nSPS) is 35.1. The quantitative estimate of drug-likeness (QED) is 0.397. The summed E-state index contributed by atoms with van der Waals surface area (Å²) >= 11 is 0. The number of rotatable bonds is 3. The number of aliphatic hydroxyl groups is 4. The average Bonchev–Trinajstić information content (AvgIpc) is 2.92. The third-order valence-corrected chi connectivity index (χ3v) is 2.86. The van der Waals surface area contributed by atoms with E-state index < -0.39 is 43.2 Å². The molecule has 1 saturated heterocycles. The van der Waals surface area contributed by atoms with Gasteiger partial charge in [-0.2, -0.15) is 0 Å². The van der Waals surface area contributed by atoms with Crippen LogP contribution in [0.2, 0.25) is 0 Å². The Morgan fingerprint density at radius 1 is 1.37 bits per heavy atom. The van der Waals surface area contributed by atoms with Crippen molar-refractivity contribution in [1.29, 1.82) is 0 Å². The van der Waals surface area contributed by atoms with Crippen LogP contribution in [0.5, 0.6) is 0 Å². The lowest BCUT2D eigenvalue weighted by atomic mass is 9.97. The Balaban J connectivity index is 2.05. The van der Waals surface area contributed by atoms with E-state index in [9.17, 15) is 20.1 Å². The minimum atomic E-state index is -1.57. The van der Waals surface area contributed by atoms with Crippen LogP contribution >= 0.6 is 0 Å². The first-order chi connectivity index (χ1) is 9.04. The van der Waals surface area contributed by atoms with Crippen LogP contribution in [0.1, 0.15) is 10.6 Å². The summed E-state index contributed by atoms with van der Waals surface area (Å²) < 4.78 is 9.49. The molecule has 2 rings (SSSR count). The summed E-state index contributed by atoms with van der Waals surface area (Å²) in [6.07, 6.45) is -4.36. The second kappa shape index (κ2) is 5.63. The molecule has 1 fully saturated rings. The highest BCUT2D eigenvalue weighted by Crippen LogP contribution is 2.20. The van der Waals surface area contributed by atoms with Crippen molar-refractivity contribution in [3.8, 4) is 0 Å². The van der Waals surface area contributed by atoms with E-state index in [1.54, 1.807) is 0 Å². The Morgan fingerprint density at radius 3 is 2.68 bits per heavy atom. The van der Waals surface area contributed by atoms with Crippen molar-refractivity contribution in [2.24, 2.45) is 0 Å². The molecule has 0 spiro atoms. The maximum absolute atomic E-state index is 11.7. The molecule has 106 valence electrons. The SMILES string of the molecule is O=C(N[C@H]1C(O)O[C@H](CO)[C@@H](O)[C@@H]1O)c1ccno1. The Bertz CT molecular complexity index is 424. The molecule has 1 aromatic rings. The molecule has 0 aliphatic carbocycles. The summed E-state index contributed by atoms with van der Waals surface area (Å²) in [6.45, 7) is -0.571. The molecule has 9 nitrogen and oxygen atoms in total. The highest BCUT2D eigenvalue weighted by molar-refractivity contribution is 5.91. The molecule has 1 aromatic heterocycles. The highest BCUT2D eigenvalue weighted by atomic mass is 16.6. The van der Waals surface area contributed by atoms with E-state index in [1.165, 1.54) is 12.3 Å². The van der Waals surface area contributed by atoms with Gasteiger partial charge in [-0.15, -0.1) is 0 Å². The van der Waals surface area contributed by atoms with Crippen molar-refractivity contribution in [2.45, 2.75) is 30.6 Å². The second-order valence-corrected chi connectivity index (χ2v) is 4.10. The first-order valence-corrected chi connectivity index (χ1v) is 5.56. The number of ether oxygens (including phenoxy) is 1. The first-order valence-electron chi connectivity index (χ1n) is 5.56. The molecule has 5 N–H and O–H groups in total. The number of aliphatic hydroxyl groups excluding tert-OH is 4. The third-order valence-electron chi connectivity index (χ3n) is 2.86. The van der Waals surface area contributed by atoms with Gasteiger partial charge in [0.05, 0.1) is 12.8 Å². The number of aromatic nitrogens is 1. The zero-order valence-corrected chi connectivity index (χ0v) is 9.71. The van der Waals surface area contributed by atoms with Crippen LogP contribution in [-0.4, -0.2) is 68.7 Å². The Labute approximate surface area is 107 Å². The van der Waals surface area contributed by atoms with E-state index in [1.807, 2.05) is 0 Å². The number of carbonyl (C=O) groups is 1. The van der Waals surface area contributed by atoms with Crippen molar-refractivity contribution in [2.75, 3.05) is 6.61 Å². The molecule has 2 heterocycles. The van der Waals surface area contributed by atoms with Gasteiger partial charge in [-0.25, -0.2) is 0 Å². The van der Waals surface area contributed by atoms with Gasteiger partial charge in [-0.3, -0.25) is 4.79 Å². The van der Waals surface area contributed by atoms with Gasteiger partial charge >= 0.3 is 0 Å². The maximum atomic E-state index is 11.7. The summed E-state index contributed by atoms with van der Waals surface area (Å²) in [7, 11) is 0. The number of nitrogens with one attached hydrogen (secondary N) is 1. The third kappa shape index (κ3) is 2.74. The highest BCUT2D eigenvalue weighted by Gasteiger charge is 2.44. The largest absolute Gasteiger partial charge is 0.394 e. The van der Waals surface area contributed by atoms with E-state index in [-0.39, 0.29) is 5.76 Å². The van der Waals surface area contributed by atoms with E-state index in [4.69, 9.17) is 9.84 Å². The van der Waals surface area contributed by atoms with E-state index in [0.717, 1.165) is 0 Å². The molecule has 19 heavy (non-hydrogen) atoms. The predicted octanol–water partition coefficient (Wildman–Crippen LogP) is -2.80. The number of carbonyl (C=O) groups excluding carboxylic acids is 1. The van der Waals surface area contributed by atoms with Gasteiger partial charge in [-0.1, -0.05) is 5.16 Å². The van der Waals surface area contributed by atoms with Crippen LogP contribution in [-0.2, 0) is 4.74 Å². The second-order valence-electron chi connectivity index (χ2n) is 4.10. The molecule has 0 saturated carbocycles. The van der Waals surface area contributed by atoms with E-state index in [0.29, 0.717) is 0 Å². The maximum Gasteiger partial charge on any atom is 0.290 e. The van der Waals surface area contributed by atoms with Crippen molar-refractivity contribution in [3.05, 3.63) is 18.0 Å². The van der Waals surface area contributed by atoms with Crippen molar-refractivity contribution < 1.29 is 34.5 Å². The smallest absolute Gasteiger partial charge is 0.290 e. The lowest BCUT2D eigenvalue weighted by Gasteiger charge is -2.40. The van der Waals surface area contributed by atoms with Crippen molar-refractivity contribution in [3.63, 3.8) is 0 Å². The fraction of sp³-hybridized carbons (Fsp3) is 0.600. The average molecular weight is 274 g/mol. The Kier molecular flexibility index (Phi) is 4.12.